The van der Waals surface area contributed by atoms with Gasteiger partial charge in [-0.2, -0.15) is 0 Å². The number of fused-ring (bicyclic) bond motifs is 1. The third-order valence-electron chi connectivity index (χ3n) is 1.73. The van der Waals surface area contributed by atoms with Gasteiger partial charge in [0.1, 0.15) is 5.75 Å². The van der Waals surface area contributed by atoms with Gasteiger partial charge in [0.2, 0.25) is 0 Å². The molecule has 0 aliphatic carbocycles. The molecule has 0 saturated heterocycles. The van der Waals surface area contributed by atoms with Crippen molar-refractivity contribution in [2.24, 2.45) is 0 Å². The first-order valence-corrected chi connectivity index (χ1v) is 4.18. The number of hydrogen-bond donors (Lipinski definition) is 2. The summed E-state index contributed by atoms with van der Waals surface area (Å²) in [6, 6.07) is 7.25. The molecule has 0 saturated carbocycles. The van der Waals surface area contributed by atoms with E-state index >= 15 is 0 Å². The summed E-state index contributed by atoms with van der Waals surface area (Å²) in [5.41, 5.74) is 1.01. The van der Waals surface area contributed by atoms with Gasteiger partial charge in [0, 0.05) is 17.1 Å². The zero-order valence-corrected chi connectivity index (χ0v) is 7.54. The van der Waals surface area contributed by atoms with Crippen LogP contribution < -0.4 is 4.74 Å². The van der Waals surface area contributed by atoms with Crippen molar-refractivity contribution in [2.45, 2.75) is 0 Å². The number of aromatic nitrogens is 1. The fraction of sp³-hybridized carbons (Fsp3) is 0. The zero-order valence-electron chi connectivity index (χ0n) is 6.65. The number of hydrogen-bond acceptors (Lipinski definition) is 2. The van der Waals surface area contributed by atoms with Crippen molar-refractivity contribution in [3.8, 4) is 5.75 Å². The van der Waals surface area contributed by atoms with Crippen LogP contribution in [-0.4, -0.2) is 10.3 Å². The van der Waals surface area contributed by atoms with Crippen LogP contribution in [0.5, 0.6) is 5.75 Å². The molecule has 0 aliphatic rings. The first kappa shape index (κ1) is 8.19. The summed E-state index contributed by atoms with van der Waals surface area (Å²) < 4.78 is 4.80. The van der Waals surface area contributed by atoms with Crippen molar-refractivity contribution >= 4 is 28.8 Å². The maximum atomic E-state index is 10.5. The summed E-state index contributed by atoms with van der Waals surface area (Å²) >= 11 is 3.52. The van der Waals surface area contributed by atoms with Crippen LogP contribution in [0.15, 0.2) is 30.5 Å². The number of H-pyrrole nitrogens is 1. The van der Waals surface area contributed by atoms with Crippen LogP contribution in [-0.2, 0) is 0 Å². The van der Waals surface area contributed by atoms with E-state index in [-0.39, 0.29) is 0 Å². The van der Waals surface area contributed by atoms with Crippen LogP contribution in [0.25, 0.3) is 10.9 Å². The molecule has 0 aliphatic heterocycles. The van der Waals surface area contributed by atoms with Gasteiger partial charge in [-0.3, -0.25) is 0 Å². The molecule has 0 bridgehead atoms. The fourth-order valence-electron chi connectivity index (χ4n) is 1.20. The Hall–Kier alpha value is -1.42. The van der Waals surface area contributed by atoms with Gasteiger partial charge in [0.15, 0.2) is 0 Å². The maximum absolute atomic E-state index is 10.5. The number of aromatic amines is 1. The Labute approximate surface area is 80.1 Å². The van der Waals surface area contributed by atoms with E-state index < -0.39 is 5.30 Å². The van der Waals surface area contributed by atoms with E-state index in [1.165, 1.54) is 0 Å². The Morgan fingerprint density at radius 2 is 2.23 bits per heavy atom. The highest BCUT2D eigenvalue weighted by atomic mass is 32.1. The molecule has 3 nitrogen and oxygen atoms in total. The van der Waals surface area contributed by atoms with Gasteiger partial charge in [-0.05, 0) is 24.3 Å². The Balaban J connectivity index is 2.42. The smallest absolute Gasteiger partial charge is 0.369 e. The van der Waals surface area contributed by atoms with E-state index in [0.717, 1.165) is 10.9 Å². The molecule has 1 aromatic carbocycles. The zero-order chi connectivity index (χ0) is 9.26. The lowest BCUT2D eigenvalue weighted by Crippen LogP contribution is -1.95. The number of nitrogens with one attached hydrogen (secondary N) is 1. The van der Waals surface area contributed by atoms with E-state index in [1.54, 1.807) is 12.1 Å². The average molecular weight is 193 g/mol. The highest BCUT2D eigenvalue weighted by Gasteiger charge is 2.00. The maximum Gasteiger partial charge on any atom is 0.369 e. The molecule has 1 N–H and O–H groups in total. The molecule has 4 heteroatoms. The van der Waals surface area contributed by atoms with E-state index in [1.807, 2.05) is 18.3 Å². The second-order valence-electron chi connectivity index (χ2n) is 2.59. The van der Waals surface area contributed by atoms with Gasteiger partial charge in [-0.15, -0.1) is 0 Å². The van der Waals surface area contributed by atoms with Crippen LogP contribution in [0.1, 0.15) is 0 Å². The van der Waals surface area contributed by atoms with Crippen molar-refractivity contribution in [1.29, 1.82) is 0 Å². The number of benzene rings is 1. The molecule has 0 fully saturated rings. The number of carbonyl (C=O) groups excluding carboxylic acids is 1. The van der Waals surface area contributed by atoms with Gasteiger partial charge >= 0.3 is 5.30 Å². The summed E-state index contributed by atoms with van der Waals surface area (Å²) in [6.45, 7) is 0. The Bertz CT molecular complexity index is 450. The summed E-state index contributed by atoms with van der Waals surface area (Å²) in [5, 5.41) is 0.405. The largest absolute Gasteiger partial charge is 0.419 e. The first-order valence-electron chi connectivity index (χ1n) is 3.73. The summed E-state index contributed by atoms with van der Waals surface area (Å²) in [5.74, 6) is 0.507. The minimum atomic E-state index is -0.602. The van der Waals surface area contributed by atoms with E-state index in [4.69, 9.17) is 4.74 Å². The Morgan fingerprint density at radius 3 is 3.00 bits per heavy atom. The van der Waals surface area contributed by atoms with Gasteiger partial charge < -0.3 is 9.72 Å². The number of carbonyl (C=O) groups is 1. The van der Waals surface area contributed by atoms with E-state index in [0.29, 0.717) is 5.75 Å². The van der Waals surface area contributed by atoms with Crippen LogP contribution >= 0.6 is 12.6 Å². The lowest BCUT2D eigenvalue weighted by Gasteiger charge is -1.99. The number of ether oxygens (including phenoxy) is 1. The molecule has 0 unspecified atom stereocenters. The summed E-state index contributed by atoms with van der Waals surface area (Å²) in [6.07, 6.45) is 1.83. The molecule has 0 radical (unpaired) electrons. The summed E-state index contributed by atoms with van der Waals surface area (Å²) in [4.78, 5) is 13.6. The van der Waals surface area contributed by atoms with Crippen LogP contribution in [0.2, 0.25) is 0 Å². The van der Waals surface area contributed by atoms with Crippen molar-refractivity contribution in [3.05, 3.63) is 30.5 Å². The molecular formula is C9H7NO2S. The molecule has 66 valence electrons. The van der Waals surface area contributed by atoms with Crippen LogP contribution in [0.4, 0.5) is 4.79 Å². The molecule has 1 heterocycles. The van der Waals surface area contributed by atoms with Crippen molar-refractivity contribution in [2.75, 3.05) is 0 Å². The molecule has 0 atom stereocenters. The SMILES string of the molecule is O=C(S)Oc1ccc2[nH]ccc2c1. The molecule has 0 spiro atoms. The van der Waals surface area contributed by atoms with Gasteiger partial charge in [-0.25, -0.2) is 4.79 Å². The second kappa shape index (κ2) is 3.14. The third-order valence-corrected chi connectivity index (χ3v) is 1.82. The van der Waals surface area contributed by atoms with E-state index in [2.05, 4.69) is 17.6 Å². The molecule has 0 amide bonds. The molecular weight excluding hydrogens is 186 g/mol. The van der Waals surface area contributed by atoms with Crippen LogP contribution in [0, 0.1) is 0 Å². The lowest BCUT2D eigenvalue weighted by atomic mass is 10.2. The number of thiol groups is 1. The normalized spacial score (nSPS) is 10.2. The molecule has 13 heavy (non-hydrogen) atoms. The van der Waals surface area contributed by atoms with Crippen LogP contribution in [0.3, 0.4) is 0 Å². The average Bonchev–Trinajstić information content (AvgIpc) is 2.49. The predicted octanol–water partition coefficient (Wildman–Crippen LogP) is 2.60. The molecule has 2 rings (SSSR count). The highest BCUT2D eigenvalue weighted by molar-refractivity contribution is 7.96. The quantitative estimate of drug-likeness (QED) is 0.540. The standard InChI is InChI=1S/C9H7NO2S/c11-9(13)12-7-1-2-8-6(5-7)3-4-10-8/h1-5,10H,(H,11,13). The third kappa shape index (κ3) is 1.67. The predicted molar refractivity (Wildman–Crippen MR) is 53.3 cm³/mol. The highest BCUT2D eigenvalue weighted by Crippen LogP contribution is 2.19. The lowest BCUT2D eigenvalue weighted by molar-refractivity contribution is 0.227. The van der Waals surface area contributed by atoms with Crippen molar-refractivity contribution in [3.63, 3.8) is 0 Å². The Morgan fingerprint density at radius 1 is 1.38 bits per heavy atom. The molecule has 2 aromatic rings. The van der Waals surface area contributed by atoms with E-state index in [9.17, 15) is 4.79 Å². The molecule has 1 aromatic heterocycles. The monoisotopic (exact) mass is 193 g/mol. The fourth-order valence-corrected chi connectivity index (χ4v) is 1.30. The van der Waals surface area contributed by atoms with Gasteiger partial charge in [0.25, 0.3) is 0 Å². The second-order valence-corrected chi connectivity index (χ2v) is 2.96. The minimum absolute atomic E-state index is 0.507. The number of rotatable bonds is 1. The topological polar surface area (TPSA) is 42.1 Å². The van der Waals surface area contributed by atoms with Crippen molar-refractivity contribution < 1.29 is 9.53 Å². The Kier molecular flexibility index (Phi) is 1.98. The summed E-state index contributed by atoms with van der Waals surface area (Å²) in [7, 11) is 0. The minimum Gasteiger partial charge on any atom is -0.419 e. The van der Waals surface area contributed by atoms with Gasteiger partial charge in [-0.1, -0.05) is 12.6 Å². The van der Waals surface area contributed by atoms with Gasteiger partial charge in [0.05, 0.1) is 0 Å². The van der Waals surface area contributed by atoms with Crippen molar-refractivity contribution in [1.82, 2.24) is 4.98 Å². The first-order chi connectivity index (χ1) is 6.25.